The monoisotopic (exact) mass is 426 g/mol. The predicted octanol–water partition coefficient (Wildman–Crippen LogP) is 1.35. The highest BCUT2D eigenvalue weighted by Crippen LogP contribution is 2.20. The van der Waals surface area contributed by atoms with Crippen molar-refractivity contribution in [2.45, 2.75) is 50.6 Å². The topological polar surface area (TPSA) is 132 Å². The molecule has 0 radical (unpaired) electrons. The number of rotatable bonds is 10. The van der Waals surface area contributed by atoms with Crippen molar-refractivity contribution >= 4 is 24.1 Å². The zero-order valence-electron chi connectivity index (χ0n) is 17.1. The molecule has 2 aromatic rings. The highest BCUT2D eigenvalue weighted by Gasteiger charge is 2.36. The van der Waals surface area contributed by atoms with Gasteiger partial charge in [-0.2, -0.15) is 0 Å². The third kappa shape index (κ3) is 6.00. The van der Waals surface area contributed by atoms with Gasteiger partial charge in [0.15, 0.2) is 5.82 Å². The first-order chi connectivity index (χ1) is 15.0. The number of H-pyrrole nitrogens is 1. The fourth-order valence-electron chi connectivity index (χ4n) is 3.74. The number of imidazole rings is 1. The number of carboxylic acid groups (broad SMARTS) is 1. The van der Waals surface area contributed by atoms with Gasteiger partial charge in [-0.1, -0.05) is 30.3 Å². The second-order valence-corrected chi connectivity index (χ2v) is 7.60. The number of hydrogen-bond donors (Lipinski definition) is 3. The molecule has 2 amide bonds. The first-order valence-corrected chi connectivity index (χ1v) is 10.3. The molecule has 0 bridgehead atoms. The second kappa shape index (κ2) is 10.5. The number of nitrogens with one attached hydrogen (secondary N) is 2. The summed E-state index contributed by atoms with van der Waals surface area (Å²) < 4.78 is 0. The Bertz CT molecular complexity index is 927. The van der Waals surface area contributed by atoms with Gasteiger partial charge in [0.1, 0.15) is 12.3 Å². The molecule has 164 valence electrons. The molecule has 9 nitrogen and oxygen atoms in total. The molecule has 1 aliphatic heterocycles. The molecular weight excluding hydrogens is 400 g/mol. The van der Waals surface area contributed by atoms with E-state index >= 15 is 0 Å². The Kier molecular flexibility index (Phi) is 7.53. The number of benzene rings is 1. The third-order valence-electron chi connectivity index (χ3n) is 5.29. The Morgan fingerprint density at radius 1 is 1.26 bits per heavy atom. The molecule has 2 atom stereocenters. The van der Waals surface area contributed by atoms with Crippen LogP contribution in [0.3, 0.4) is 0 Å². The number of likely N-dealkylation sites (tertiary alicyclic amines) is 1. The van der Waals surface area contributed by atoms with Crippen molar-refractivity contribution in [3.05, 3.63) is 53.6 Å². The van der Waals surface area contributed by atoms with Crippen LogP contribution in [0.5, 0.6) is 0 Å². The minimum Gasteiger partial charge on any atom is -0.481 e. The molecule has 1 aromatic heterocycles. The summed E-state index contributed by atoms with van der Waals surface area (Å²) in [6.45, 7) is 0.394. The van der Waals surface area contributed by atoms with Crippen molar-refractivity contribution in [1.29, 1.82) is 0 Å². The van der Waals surface area contributed by atoms with Crippen molar-refractivity contribution in [3.63, 3.8) is 0 Å². The van der Waals surface area contributed by atoms with Crippen molar-refractivity contribution < 1.29 is 24.3 Å². The van der Waals surface area contributed by atoms with Gasteiger partial charge in [-0.15, -0.1) is 0 Å². The summed E-state index contributed by atoms with van der Waals surface area (Å²) in [6, 6.07) is 8.26. The van der Waals surface area contributed by atoms with E-state index in [9.17, 15) is 19.2 Å². The Hall–Kier alpha value is -3.49. The van der Waals surface area contributed by atoms with Crippen LogP contribution in [-0.4, -0.2) is 62.7 Å². The first-order valence-electron chi connectivity index (χ1n) is 10.3. The lowest BCUT2D eigenvalue weighted by Gasteiger charge is -2.24. The molecule has 3 N–H and O–H groups in total. The molecule has 1 aliphatic rings. The van der Waals surface area contributed by atoms with Crippen LogP contribution in [0.1, 0.15) is 47.6 Å². The van der Waals surface area contributed by atoms with Gasteiger partial charge in [0.2, 0.25) is 5.91 Å². The summed E-state index contributed by atoms with van der Waals surface area (Å²) in [5.41, 5.74) is 2.10. The molecule has 31 heavy (non-hydrogen) atoms. The van der Waals surface area contributed by atoms with E-state index in [1.807, 2.05) is 18.2 Å². The molecule has 9 heteroatoms. The maximum Gasteiger partial charge on any atom is 0.305 e. The van der Waals surface area contributed by atoms with Gasteiger partial charge >= 0.3 is 5.97 Å². The van der Waals surface area contributed by atoms with Crippen LogP contribution < -0.4 is 5.32 Å². The summed E-state index contributed by atoms with van der Waals surface area (Å²) in [4.78, 5) is 55.9. The average molecular weight is 426 g/mol. The van der Waals surface area contributed by atoms with E-state index in [-0.39, 0.29) is 11.7 Å². The summed E-state index contributed by atoms with van der Waals surface area (Å²) in [5, 5.41) is 11.2. The van der Waals surface area contributed by atoms with Crippen LogP contribution in [0.15, 0.2) is 36.5 Å². The number of aryl methyl sites for hydroxylation is 2. The van der Waals surface area contributed by atoms with E-state index < -0.39 is 30.4 Å². The molecule has 2 heterocycles. The van der Waals surface area contributed by atoms with E-state index in [0.29, 0.717) is 25.7 Å². The van der Waals surface area contributed by atoms with Gasteiger partial charge in [-0.3, -0.25) is 14.4 Å². The van der Waals surface area contributed by atoms with Crippen molar-refractivity contribution in [2.75, 3.05) is 6.54 Å². The lowest BCUT2D eigenvalue weighted by atomic mass is 10.1. The predicted molar refractivity (Wildman–Crippen MR) is 111 cm³/mol. The molecule has 1 aromatic carbocycles. The zero-order valence-corrected chi connectivity index (χ0v) is 17.1. The Morgan fingerprint density at radius 2 is 2.03 bits per heavy atom. The second-order valence-electron chi connectivity index (χ2n) is 7.60. The fraction of sp³-hybridized carbons (Fsp3) is 0.409. The minimum absolute atomic E-state index is 0.173. The van der Waals surface area contributed by atoms with Gasteiger partial charge in [0.25, 0.3) is 5.91 Å². The Morgan fingerprint density at radius 3 is 2.74 bits per heavy atom. The maximum atomic E-state index is 12.9. The van der Waals surface area contributed by atoms with E-state index in [1.165, 1.54) is 10.5 Å². The lowest BCUT2D eigenvalue weighted by molar-refractivity contribution is -0.139. The number of hydrogen-bond acceptors (Lipinski definition) is 5. The minimum atomic E-state index is -1.19. The smallest absolute Gasteiger partial charge is 0.305 e. The number of amides is 2. The van der Waals surface area contributed by atoms with Gasteiger partial charge < -0.3 is 25.1 Å². The Balaban J connectivity index is 1.56. The van der Waals surface area contributed by atoms with Crippen LogP contribution in [0.4, 0.5) is 0 Å². The molecule has 1 saturated heterocycles. The van der Waals surface area contributed by atoms with Crippen LogP contribution in [0, 0.1) is 0 Å². The van der Waals surface area contributed by atoms with Gasteiger partial charge in [-0.25, -0.2) is 4.98 Å². The number of carbonyl (C=O) groups excluding carboxylic acids is 3. The number of aromatic amines is 1. The third-order valence-corrected chi connectivity index (χ3v) is 5.29. The van der Waals surface area contributed by atoms with Gasteiger partial charge in [-0.05, 0) is 37.7 Å². The zero-order chi connectivity index (χ0) is 22.2. The molecule has 0 saturated carbocycles. The van der Waals surface area contributed by atoms with Crippen molar-refractivity contribution in [2.24, 2.45) is 0 Å². The lowest BCUT2D eigenvalue weighted by Crippen LogP contribution is -2.49. The van der Waals surface area contributed by atoms with E-state index in [2.05, 4.69) is 27.4 Å². The molecule has 0 aliphatic carbocycles. The molecule has 0 unspecified atom stereocenters. The number of aromatic nitrogens is 2. The van der Waals surface area contributed by atoms with Crippen LogP contribution in [0.2, 0.25) is 0 Å². The summed E-state index contributed by atoms with van der Waals surface area (Å²) in [7, 11) is 0. The SMILES string of the molecule is O=C[C@H](CC(=O)O)NC(=O)[C@@H]1CCCN1C(=O)c1ncc(CCCc2ccccc2)[nH]1. The molecule has 1 fully saturated rings. The number of aldehydes is 1. The maximum absolute atomic E-state index is 12.9. The summed E-state index contributed by atoms with van der Waals surface area (Å²) in [6.07, 6.45) is 5.19. The summed E-state index contributed by atoms with van der Waals surface area (Å²) in [5.74, 6) is -1.93. The highest BCUT2D eigenvalue weighted by molar-refractivity contribution is 5.96. The number of aliphatic carboxylic acids is 1. The number of carboxylic acids is 1. The normalized spacial score (nSPS) is 16.6. The quantitative estimate of drug-likeness (QED) is 0.491. The highest BCUT2D eigenvalue weighted by atomic mass is 16.4. The fourth-order valence-corrected chi connectivity index (χ4v) is 3.74. The molecular formula is C22H26N4O5. The largest absolute Gasteiger partial charge is 0.481 e. The van der Waals surface area contributed by atoms with Crippen molar-refractivity contribution in [3.8, 4) is 0 Å². The average Bonchev–Trinajstić information content (AvgIpc) is 3.43. The van der Waals surface area contributed by atoms with E-state index in [4.69, 9.17) is 5.11 Å². The van der Waals surface area contributed by atoms with Crippen LogP contribution >= 0.6 is 0 Å². The Labute approximate surface area is 179 Å². The number of nitrogens with zero attached hydrogens (tertiary/aromatic N) is 2. The van der Waals surface area contributed by atoms with E-state index in [0.717, 1.165) is 25.0 Å². The van der Waals surface area contributed by atoms with Crippen molar-refractivity contribution in [1.82, 2.24) is 20.2 Å². The van der Waals surface area contributed by atoms with E-state index in [1.54, 1.807) is 6.20 Å². The molecule has 3 rings (SSSR count). The van der Waals surface area contributed by atoms with Gasteiger partial charge in [0, 0.05) is 18.4 Å². The van der Waals surface area contributed by atoms with Crippen LogP contribution in [-0.2, 0) is 27.2 Å². The molecule has 0 spiro atoms. The standard InChI is InChI=1S/C22H26N4O5/c27-14-17(12-19(28)29)25-21(30)18-10-5-11-26(18)22(31)20-23-13-16(24-20)9-4-8-15-6-2-1-3-7-15/h1-3,6-7,13-14,17-18H,4-5,8-12H2,(H,23,24)(H,25,30)(H,28,29)/t17-,18-/m0/s1. The van der Waals surface area contributed by atoms with Gasteiger partial charge in [0.05, 0.1) is 12.5 Å². The first kappa shape index (κ1) is 22.2. The summed E-state index contributed by atoms with van der Waals surface area (Å²) >= 11 is 0. The van der Waals surface area contributed by atoms with Crippen LogP contribution in [0.25, 0.3) is 0 Å². The number of carbonyl (C=O) groups is 4.